The van der Waals surface area contributed by atoms with Crippen molar-refractivity contribution in [1.82, 2.24) is 14.5 Å². The molecule has 2 aromatic heterocycles. The highest BCUT2D eigenvalue weighted by Gasteiger charge is 2.58. The Balaban J connectivity index is 1.55. The van der Waals surface area contributed by atoms with Gasteiger partial charge < -0.3 is 29.0 Å². The molecule has 11 heteroatoms. The average molecular weight is 515 g/mol. The van der Waals surface area contributed by atoms with Crippen molar-refractivity contribution in [1.29, 1.82) is 0 Å². The molecule has 2 fully saturated rings. The average Bonchev–Trinajstić information content (AvgIpc) is 3.41. The second kappa shape index (κ2) is 8.62. The van der Waals surface area contributed by atoms with Crippen LogP contribution in [0.4, 0.5) is 0 Å². The number of benzene rings is 1. The number of aliphatic hydroxyl groups is 2. The Morgan fingerprint density at radius 1 is 1.12 bits per heavy atom. The summed E-state index contributed by atoms with van der Waals surface area (Å²) in [5.41, 5.74) is 1.77. The van der Waals surface area contributed by atoms with Crippen molar-refractivity contribution >= 4 is 45.8 Å². The topological polar surface area (TPSA) is 98.9 Å². The highest BCUT2D eigenvalue weighted by molar-refractivity contribution is 6.42. The van der Waals surface area contributed by atoms with Crippen molar-refractivity contribution in [2.24, 2.45) is 0 Å². The van der Waals surface area contributed by atoms with E-state index < -0.39 is 36.4 Å². The number of aliphatic hydroxyl groups excluding tert-OH is 2. The van der Waals surface area contributed by atoms with E-state index in [0.717, 1.165) is 0 Å². The summed E-state index contributed by atoms with van der Waals surface area (Å²) in [6, 6.07) is 5.06. The van der Waals surface area contributed by atoms with Crippen molar-refractivity contribution < 1.29 is 24.4 Å². The fourth-order valence-electron chi connectivity index (χ4n) is 4.62. The Morgan fingerprint density at radius 2 is 1.85 bits per heavy atom. The molecule has 1 aromatic carbocycles. The second-order valence-corrected chi connectivity index (χ2v) is 9.74. The zero-order valence-electron chi connectivity index (χ0n) is 17.8. The lowest BCUT2D eigenvalue weighted by molar-refractivity contribution is -0.207. The first-order chi connectivity index (χ1) is 15.7. The largest absolute Gasteiger partial charge is 0.396 e. The van der Waals surface area contributed by atoms with E-state index in [1.54, 1.807) is 24.4 Å². The summed E-state index contributed by atoms with van der Waals surface area (Å²) in [5, 5.41) is 22.6. The van der Waals surface area contributed by atoms with Crippen LogP contribution >= 0.6 is 34.8 Å². The molecule has 0 bridgehead atoms. The summed E-state index contributed by atoms with van der Waals surface area (Å²) < 4.78 is 20.5. The van der Waals surface area contributed by atoms with Crippen LogP contribution in [0.15, 0.2) is 30.7 Å². The van der Waals surface area contributed by atoms with Gasteiger partial charge in [0.05, 0.1) is 15.4 Å². The molecular weight excluding hydrogens is 493 g/mol. The summed E-state index contributed by atoms with van der Waals surface area (Å²) >= 11 is 18.6. The maximum Gasteiger partial charge on any atom is 0.164 e. The third-order valence-electron chi connectivity index (χ3n) is 5.99. The fourth-order valence-corrected chi connectivity index (χ4v) is 5.17. The molecule has 2 aliphatic heterocycles. The van der Waals surface area contributed by atoms with Crippen molar-refractivity contribution in [3.8, 4) is 0 Å². The maximum absolute atomic E-state index is 11.4. The van der Waals surface area contributed by atoms with E-state index in [1.807, 2.05) is 18.4 Å². The minimum absolute atomic E-state index is 0.111. The second-order valence-electron chi connectivity index (χ2n) is 8.56. The van der Waals surface area contributed by atoms with E-state index in [4.69, 9.17) is 49.0 Å². The van der Waals surface area contributed by atoms with Gasteiger partial charge in [-0.05, 0) is 49.6 Å². The molecule has 2 aliphatic rings. The minimum atomic E-state index is -1.11. The molecule has 2 saturated heterocycles. The number of hydrogen-bond donors (Lipinski definition) is 2. The van der Waals surface area contributed by atoms with Crippen molar-refractivity contribution in [2.75, 3.05) is 6.61 Å². The van der Waals surface area contributed by atoms with Gasteiger partial charge in [0.25, 0.3) is 0 Å². The first-order valence-corrected chi connectivity index (χ1v) is 11.6. The maximum atomic E-state index is 11.4. The number of halogens is 3. The SMILES string of the molecule is CC1(C)O[C@@H]2[C@H]([C@H](O)c3cc(Cl)c(Cl)cc3CCO)O[C@@H](n3ccc4c(Cl)ncnc43)[C@@H]2O1. The number of aromatic nitrogens is 3. The van der Waals surface area contributed by atoms with Gasteiger partial charge in [-0.3, -0.25) is 0 Å². The van der Waals surface area contributed by atoms with E-state index in [-0.39, 0.29) is 6.61 Å². The summed E-state index contributed by atoms with van der Waals surface area (Å²) in [6.45, 7) is 3.52. The third-order valence-corrected chi connectivity index (χ3v) is 7.02. The summed E-state index contributed by atoms with van der Waals surface area (Å²) in [5.74, 6) is -0.878. The quantitative estimate of drug-likeness (QED) is 0.495. The van der Waals surface area contributed by atoms with Crippen LogP contribution in [0.3, 0.4) is 0 Å². The molecule has 33 heavy (non-hydrogen) atoms. The van der Waals surface area contributed by atoms with Gasteiger partial charge in [0.1, 0.15) is 41.5 Å². The van der Waals surface area contributed by atoms with E-state index >= 15 is 0 Å². The lowest BCUT2D eigenvalue weighted by atomic mass is 9.94. The summed E-state index contributed by atoms with van der Waals surface area (Å²) in [4.78, 5) is 8.38. The van der Waals surface area contributed by atoms with Crippen molar-refractivity contribution in [3.63, 3.8) is 0 Å². The zero-order valence-corrected chi connectivity index (χ0v) is 20.1. The molecule has 0 aliphatic carbocycles. The molecule has 8 nitrogen and oxygen atoms in total. The number of nitrogens with zero attached hydrogens (tertiary/aromatic N) is 3. The van der Waals surface area contributed by atoms with E-state index in [0.29, 0.717) is 43.8 Å². The smallest absolute Gasteiger partial charge is 0.164 e. The molecule has 5 rings (SSSR count). The Morgan fingerprint density at radius 3 is 2.61 bits per heavy atom. The Hall–Kier alpha value is -1.49. The van der Waals surface area contributed by atoms with E-state index in [9.17, 15) is 10.2 Å². The Kier molecular flexibility index (Phi) is 6.08. The zero-order chi connectivity index (χ0) is 23.5. The number of ether oxygens (including phenoxy) is 3. The van der Waals surface area contributed by atoms with E-state index in [2.05, 4.69) is 9.97 Å². The molecule has 4 heterocycles. The van der Waals surface area contributed by atoms with Gasteiger partial charge >= 0.3 is 0 Å². The van der Waals surface area contributed by atoms with Crippen molar-refractivity contribution in [3.05, 3.63) is 57.0 Å². The monoisotopic (exact) mass is 513 g/mol. The molecule has 0 amide bonds. The van der Waals surface area contributed by atoms with Crippen LogP contribution in [0, 0.1) is 0 Å². The van der Waals surface area contributed by atoms with Crippen LogP contribution < -0.4 is 0 Å². The summed E-state index contributed by atoms with van der Waals surface area (Å²) in [6.07, 6.45) is -0.154. The fraction of sp³-hybridized carbons (Fsp3) is 0.455. The molecular formula is C22H22Cl3N3O5. The minimum Gasteiger partial charge on any atom is -0.396 e. The third kappa shape index (κ3) is 4.02. The van der Waals surface area contributed by atoms with Crippen LogP contribution in [0.2, 0.25) is 15.2 Å². The highest BCUT2D eigenvalue weighted by Crippen LogP contribution is 2.48. The van der Waals surface area contributed by atoms with Crippen LogP contribution in [0.5, 0.6) is 0 Å². The number of hydrogen-bond acceptors (Lipinski definition) is 7. The molecule has 5 atom stereocenters. The predicted molar refractivity (Wildman–Crippen MR) is 122 cm³/mol. The molecule has 3 aromatic rings. The summed E-state index contributed by atoms with van der Waals surface area (Å²) in [7, 11) is 0. The highest BCUT2D eigenvalue weighted by atomic mass is 35.5. The van der Waals surface area contributed by atoms with Gasteiger partial charge in [0, 0.05) is 12.8 Å². The normalized spacial score (nSPS) is 27.2. The number of rotatable bonds is 5. The lowest BCUT2D eigenvalue weighted by Gasteiger charge is -2.28. The van der Waals surface area contributed by atoms with Crippen LogP contribution in [0.1, 0.15) is 37.3 Å². The number of fused-ring (bicyclic) bond motifs is 2. The van der Waals surface area contributed by atoms with Gasteiger partial charge in [0.2, 0.25) is 0 Å². The first-order valence-electron chi connectivity index (χ1n) is 10.4. The molecule has 0 spiro atoms. The standard InChI is InChI=1S/C22H22Cl3N3O5/c1-22(2)32-17-16(15(30)12-8-14(24)13(23)7-10(12)4-6-29)31-21(18(17)33-22)28-5-3-11-19(25)26-9-27-20(11)28/h3,5,7-9,15-18,21,29-30H,4,6H2,1-2H3/t15-,16+,17-,18-,21-/m1/s1. The predicted octanol–water partition coefficient (Wildman–Crippen LogP) is 4.08. The van der Waals surface area contributed by atoms with E-state index in [1.165, 1.54) is 6.33 Å². The molecule has 0 saturated carbocycles. The molecule has 0 radical (unpaired) electrons. The van der Waals surface area contributed by atoms with Gasteiger partial charge in [-0.25, -0.2) is 9.97 Å². The van der Waals surface area contributed by atoms with Crippen LogP contribution in [-0.2, 0) is 20.6 Å². The first kappa shape index (κ1) is 23.3. The van der Waals surface area contributed by atoms with Gasteiger partial charge in [0.15, 0.2) is 12.0 Å². The van der Waals surface area contributed by atoms with Crippen LogP contribution in [-0.4, -0.2) is 55.5 Å². The van der Waals surface area contributed by atoms with Gasteiger partial charge in [-0.1, -0.05) is 34.8 Å². The molecule has 0 unspecified atom stereocenters. The van der Waals surface area contributed by atoms with Crippen LogP contribution in [0.25, 0.3) is 11.0 Å². The Bertz CT molecular complexity index is 1200. The van der Waals surface area contributed by atoms with Gasteiger partial charge in [-0.15, -0.1) is 0 Å². The Labute approximate surface area is 205 Å². The van der Waals surface area contributed by atoms with Crippen molar-refractivity contribution in [2.45, 2.75) is 56.7 Å². The molecule has 176 valence electrons. The molecule has 2 N–H and O–H groups in total. The van der Waals surface area contributed by atoms with Gasteiger partial charge in [-0.2, -0.15) is 0 Å². The lowest BCUT2D eigenvalue weighted by Crippen LogP contribution is -2.34.